The van der Waals surface area contributed by atoms with E-state index in [1.807, 2.05) is 81.5 Å². The molecule has 2 saturated heterocycles. The molecule has 2 N–H and O–H groups in total. The molecule has 0 saturated carbocycles. The van der Waals surface area contributed by atoms with Gasteiger partial charge in [-0.15, -0.1) is 0 Å². The minimum atomic E-state index is -0.231. The number of pyridine rings is 1. The largest absolute Gasteiger partial charge is 0.296 e. The third-order valence-corrected chi connectivity index (χ3v) is 12.0. The zero-order valence-corrected chi connectivity index (χ0v) is 37.8. The third-order valence-electron chi connectivity index (χ3n) is 10.4. The Bertz CT molecular complexity index is 2460. The molecule has 60 heavy (non-hydrogen) atoms. The summed E-state index contributed by atoms with van der Waals surface area (Å²) in [6.45, 7) is 7.30. The summed E-state index contributed by atoms with van der Waals surface area (Å²) in [6.07, 6.45) is 9.05. The Kier molecular flexibility index (Phi) is 14.7. The smallest absolute Gasteiger partial charge is 0.286 e. The highest BCUT2D eigenvalue weighted by atomic mass is 79.9. The first kappa shape index (κ1) is 43.8. The van der Waals surface area contributed by atoms with Gasteiger partial charge in [-0.05, 0) is 112 Å². The van der Waals surface area contributed by atoms with Crippen molar-refractivity contribution in [2.45, 2.75) is 58.8 Å². The first-order valence-corrected chi connectivity index (χ1v) is 22.2. The molecular formula is C44H44BrCl4N9O2. The molecule has 2 aliphatic heterocycles. The van der Waals surface area contributed by atoms with Crippen LogP contribution in [-0.4, -0.2) is 72.1 Å². The van der Waals surface area contributed by atoms with E-state index in [1.54, 1.807) is 36.5 Å². The summed E-state index contributed by atoms with van der Waals surface area (Å²) in [6, 6.07) is 24.1. The van der Waals surface area contributed by atoms with Gasteiger partial charge in [0.2, 0.25) is 0 Å². The Balaban J connectivity index is 0.000000182. The average Bonchev–Trinajstić information content (AvgIpc) is 3.80. The van der Waals surface area contributed by atoms with E-state index < -0.39 is 0 Å². The molecule has 16 heteroatoms. The Morgan fingerprint density at radius 3 is 1.68 bits per heavy atom. The number of imidazole rings is 2. The van der Waals surface area contributed by atoms with E-state index in [9.17, 15) is 9.59 Å². The lowest BCUT2D eigenvalue weighted by atomic mass is 10.2. The van der Waals surface area contributed by atoms with Crippen molar-refractivity contribution in [1.82, 2.24) is 45.0 Å². The molecule has 3 aromatic heterocycles. The molecule has 11 nitrogen and oxygen atoms in total. The van der Waals surface area contributed by atoms with Crippen LogP contribution in [0.4, 0.5) is 0 Å². The van der Waals surface area contributed by atoms with Gasteiger partial charge >= 0.3 is 0 Å². The summed E-state index contributed by atoms with van der Waals surface area (Å²) in [5, 5.41) is 5.98. The van der Waals surface area contributed by atoms with Gasteiger partial charge in [-0.1, -0.05) is 88.2 Å². The van der Waals surface area contributed by atoms with Crippen LogP contribution in [0.25, 0.3) is 34.3 Å². The minimum Gasteiger partial charge on any atom is -0.296 e. The fourth-order valence-electron chi connectivity index (χ4n) is 7.42. The number of halogens is 5. The van der Waals surface area contributed by atoms with E-state index in [0.29, 0.717) is 66.6 Å². The van der Waals surface area contributed by atoms with Crippen molar-refractivity contribution in [3.8, 4) is 34.3 Å². The number of carbonyl (C=O) groups excluding carboxylic acids is 2. The maximum absolute atomic E-state index is 13.2. The van der Waals surface area contributed by atoms with E-state index in [1.165, 1.54) is 12.8 Å². The van der Waals surface area contributed by atoms with Crippen LogP contribution in [0.5, 0.6) is 0 Å². The molecule has 6 aromatic rings. The zero-order valence-electron chi connectivity index (χ0n) is 33.2. The summed E-state index contributed by atoms with van der Waals surface area (Å²) in [4.78, 5) is 40.1. The fraction of sp³-hybridized carbons (Fsp3) is 0.295. The van der Waals surface area contributed by atoms with Crippen LogP contribution in [0, 0.1) is 6.92 Å². The molecule has 2 aliphatic rings. The lowest BCUT2D eigenvalue weighted by Gasteiger charge is -2.26. The van der Waals surface area contributed by atoms with Crippen LogP contribution >= 0.6 is 62.3 Å². The molecule has 8 rings (SSSR count). The number of piperidine rings is 2. The molecule has 2 amide bonds. The Labute approximate surface area is 378 Å². The highest BCUT2D eigenvalue weighted by Gasteiger charge is 2.27. The van der Waals surface area contributed by atoms with Crippen LogP contribution in [0.3, 0.4) is 0 Å². The zero-order chi connectivity index (χ0) is 42.3. The van der Waals surface area contributed by atoms with E-state index in [0.717, 1.165) is 73.3 Å². The van der Waals surface area contributed by atoms with Crippen molar-refractivity contribution < 1.29 is 9.59 Å². The number of carbonyl (C=O) groups is 2. The molecule has 0 spiro atoms. The highest BCUT2D eigenvalue weighted by molar-refractivity contribution is 9.10. The molecule has 5 heterocycles. The van der Waals surface area contributed by atoms with Gasteiger partial charge in [0.05, 0.1) is 21.4 Å². The molecular weight excluding hydrogens is 908 g/mol. The van der Waals surface area contributed by atoms with Crippen molar-refractivity contribution in [2.24, 2.45) is 0 Å². The van der Waals surface area contributed by atoms with Gasteiger partial charge in [0.25, 0.3) is 11.8 Å². The summed E-state index contributed by atoms with van der Waals surface area (Å²) >= 11 is 28.7. The first-order chi connectivity index (χ1) is 29.0. The number of nitrogens with zero attached hydrogens (tertiary/aromatic N) is 7. The monoisotopic (exact) mass is 949 g/mol. The van der Waals surface area contributed by atoms with Gasteiger partial charge < -0.3 is 0 Å². The second-order valence-corrected chi connectivity index (χ2v) is 17.1. The molecule has 0 aliphatic carbocycles. The number of hydrogen-bond donors (Lipinski definition) is 2. The number of hydrogen-bond acceptors (Lipinski definition) is 7. The first-order valence-electron chi connectivity index (χ1n) is 19.9. The van der Waals surface area contributed by atoms with Crippen molar-refractivity contribution >= 4 is 74.1 Å². The van der Waals surface area contributed by atoms with Crippen LogP contribution in [-0.2, 0) is 6.42 Å². The summed E-state index contributed by atoms with van der Waals surface area (Å²) < 4.78 is 4.83. The molecule has 0 unspecified atom stereocenters. The van der Waals surface area contributed by atoms with E-state index >= 15 is 0 Å². The van der Waals surface area contributed by atoms with Crippen LogP contribution in [0.15, 0.2) is 89.5 Å². The number of rotatable bonds is 9. The van der Waals surface area contributed by atoms with Crippen molar-refractivity contribution in [2.75, 3.05) is 26.2 Å². The minimum absolute atomic E-state index is 0.194. The lowest BCUT2D eigenvalue weighted by molar-refractivity contribution is 0.0737. The van der Waals surface area contributed by atoms with Gasteiger partial charge in [-0.25, -0.2) is 25.0 Å². The van der Waals surface area contributed by atoms with Gasteiger partial charge in [0, 0.05) is 63.7 Å². The van der Waals surface area contributed by atoms with Crippen LogP contribution in [0.2, 0.25) is 20.1 Å². The van der Waals surface area contributed by atoms with Gasteiger partial charge in [0.15, 0.2) is 11.4 Å². The number of aromatic nitrogens is 5. The topological polar surface area (TPSA) is 113 Å². The average molecular weight is 953 g/mol. The fourth-order valence-corrected chi connectivity index (χ4v) is 8.67. The SMILES string of the molecule is CCc1c(C(=O)NN2CCCCC2)nc(-c2ccc(Cl)cc2Cl)n1-c1ccc(Br)cc1.Cc1c(C(=O)NN2CCCCC2)nc(-c2ccc(Cl)cc2Cl)n1-c1ccccn1. The molecule has 3 aromatic carbocycles. The normalized spacial score (nSPS) is 14.7. The van der Waals surface area contributed by atoms with Crippen LogP contribution in [0.1, 0.15) is 77.8 Å². The second-order valence-electron chi connectivity index (χ2n) is 14.5. The van der Waals surface area contributed by atoms with Gasteiger partial charge in [-0.3, -0.25) is 29.6 Å². The molecule has 312 valence electrons. The molecule has 2 fully saturated rings. The quantitative estimate of drug-likeness (QED) is 0.148. The van der Waals surface area contributed by atoms with Gasteiger partial charge in [0.1, 0.15) is 17.5 Å². The number of benzene rings is 3. The van der Waals surface area contributed by atoms with E-state index in [2.05, 4.69) is 36.7 Å². The Hall–Kier alpha value is -4.27. The van der Waals surface area contributed by atoms with Crippen molar-refractivity contribution in [3.63, 3.8) is 0 Å². The number of amides is 2. The number of hydrazine groups is 2. The van der Waals surface area contributed by atoms with Crippen LogP contribution < -0.4 is 10.9 Å². The predicted molar refractivity (Wildman–Crippen MR) is 243 cm³/mol. The molecule has 0 atom stereocenters. The maximum atomic E-state index is 13.2. The van der Waals surface area contributed by atoms with Crippen molar-refractivity contribution in [3.05, 3.63) is 132 Å². The standard InChI is InChI=1S/C23H23BrCl2N4O.C21H21Cl2N5O/c1-2-20-21(23(31)28-29-12-4-3-5-13-29)27-22(18-11-8-16(25)14-19(18)26)30(20)17-9-6-15(24)7-10-17;1-14-19(21(29)26-27-11-5-2-6-12-27)25-20(16-9-8-15(22)13-17(16)23)28(14)18-7-3-4-10-24-18/h6-11,14H,2-5,12-13H2,1H3,(H,28,31);3-4,7-10,13H,2,5-6,11-12H2,1H3,(H,26,29). The lowest BCUT2D eigenvalue weighted by Crippen LogP contribution is -2.45. The van der Waals surface area contributed by atoms with Crippen molar-refractivity contribution in [1.29, 1.82) is 0 Å². The van der Waals surface area contributed by atoms with E-state index in [4.69, 9.17) is 51.4 Å². The predicted octanol–water partition coefficient (Wildman–Crippen LogP) is 11.0. The Morgan fingerprint density at radius 1 is 0.667 bits per heavy atom. The third kappa shape index (κ3) is 10.1. The molecule has 0 bridgehead atoms. The summed E-state index contributed by atoms with van der Waals surface area (Å²) in [5.74, 6) is 1.40. The van der Waals surface area contributed by atoms with Gasteiger partial charge in [-0.2, -0.15) is 0 Å². The summed E-state index contributed by atoms with van der Waals surface area (Å²) in [7, 11) is 0. The summed E-state index contributed by atoms with van der Waals surface area (Å²) in [5.41, 5.74) is 10.6. The Morgan fingerprint density at radius 2 is 1.18 bits per heavy atom. The maximum Gasteiger partial charge on any atom is 0.286 e. The van der Waals surface area contributed by atoms with E-state index in [-0.39, 0.29) is 11.8 Å². The molecule has 0 radical (unpaired) electrons. The number of nitrogens with one attached hydrogen (secondary N) is 2. The highest BCUT2D eigenvalue weighted by Crippen LogP contribution is 2.35. The second kappa shape index (κ2) is 20.1.